The van der Waals surface area contributed by atoms with Crippen LogP contribution in [0.1, 0.15) is 39.1 Å². The topological polar surface area (TPSA) is 35.0 Å². The van der Waals surface area contributed by atoms with Crippen molar-refractivity contribution >= 4 is 11.6 Å². The second-order valence-corrected chi connectivity index (χ2v) is 6.05. The van der Waals surface area contributed by atoms with Gasteiger partial charge in [-0.1, -0.05) is 57.5 Å². The molecule has 20 heavy (non-hydrogen) atoms. The summed E-state index contributed by atoms with van der Waals surface area (Å²) in [4.78, 5) is 8.72. The number of aryl methyl sites for hydroxylation is 1. The summed E-state index contributed by atoms with van der Waals surface area (Å²) in [6.07, 6.45) is 0.904. The Bertz CT molecular complexity index is 606. The molecule has 1 aromatic heterocycles. The number of hydrogen-bond acceptors (Lipinski definition) is 3. The number of para-hydroxylation sites is 1. The number of hydrogen-bond donors (Lipinski definition) is 0. The SMILES string of the molecule is CCc1ccccc1Oc1cc(Cl)nc(C(C)(C)C)n1. The molecule has 0 aliphatic heterocycles. The zero-order valence-electron chi connectivity index (χ0n) is 12.3. The number of aromatic nitrogens is 2. The molecule has 0 spiro atoms. The minimum atomic E-state index is -0.173. The molecule has 1 heterocycles. The Morgan fingerprint density at radius 2 is 1.85 bits per heavy atom. The van der Waals surface area contributed by atoms with Crippen LogP contribution < -0.4 is 4.74 Å². The standard InChI is InChI=1S/C16H19ClN2O/c1-5-11-8-6-7-9-12(11)20-14-10-13(17)18-15(19-14)16(2,3)4/h6-10H,5H2,1-4H3. The lowest BCUT2D eigenvalue weighted by Gasteiger charge is -2.17. The maximum Gasteiger partial charge on any atom is 0.224 e. The van der Waals surface area contributed by atoms with Crippen LogP contribution in [0, 0.1) is 0 Å². The Balaban J connectivity index is 2.36. The number of benzene rings is 1. The van der Waals surface area contributed by atoms with E-state index in [0.29, 0.717) is 16.9 Å². The highest BCUT2D eigenvalue weighted by Gasteiger charge is 2.19. The van der Waals surface area contributed by atoms with Gasteiger partial charge in [0.25, 0.3) is 0 Å². The Hall–Kier alpha value is -1.61. The Morgan fingerprint density at radius 1 is 1.15 bits per heavy atom. The summed E-state index contributed by atoms with van der Waals surface area (Å²) in [5.74, 6) is 1.97. The number of ether oxygens (including phenoxy) is 1. The molecule has 106 valence electrons. The molecular weight excluding hydrogens is 272 g/mol. The summed E-state index contributed by atoms with van der Waals surface area (Å²) in [5.41, 5.74) is 0.965. The van der Waals surface area contributed by atoms with E-state index >= 15 is 0 Å². The summed E-state index contributed by atoms with van der Waals surface area (Å²) in [6.45, 7) is 8.23. The van der Waals surface area contributed by atoms with Crippen LogP contribution in [0.2, 0.25) is 5.15 Å². The van der Waals surface area contributed by atoms with Gasteiger partial charge in [-0.15, -0.1) is 0 Å². The van der Waals surface area contributed by atoms with Gasteiger partial charge in [-0.05, 0) is 18.1 Å². The largest absolute Gasteiger partial charge is 0.439 e. The van der Waals surface area contributed by atoms with Gasteiger partial charge in [-0.25, -0.2) is 4.98 Å². The predicted molar refractivity (Wildman–Crippen MR) is 81.6 cm³/mol. The summed E-state index contributed by atoms with van der Waals surface area (Å²) in [5, 5.41) is 0.397. The highest BCUT2D eigenvalue weighted by molar-refractivity contribution is 6.29. The van der Waals surface area contributed by atoms with Crippen molar-refractivity contribution in [2.24, 2.45) is 0 Å². The molecule has 0 aliphatic carbocycles. The van der Waals surface area contributed by atoms with Crippen molar-refractivity contribution in [3.05, 3.63) is 46.9 Å². The van der Waals surface area contributed by atoms with Crippen LogP contribution in [-0.2, 0) is 11.8 Å². The Kier molecular flexibility index (Phi) is 4.29. The second-order valence-electron chi connectivity index (χ2n) is 5.67. The van der Waals surface area contributed by atoms with Crippen molar-refractivity contribution in [3.63, 3.8) is 0 Å². The van der Waals surface area contributed by atoms with Gasteiger partial charge >= 0.3 is 0 Å². The van der Waals surface area contributed by atoms with Gasteiger partial charge in [0.15, 0.2) is 0 Å². The van der Waals surface area contributed by atoms with E-state index in [0.717, 1.165) is 17.7 Å². The van der Waals surface area contributed by atoms with Gasteiger partial charge in [0.2, 0.25) is 5.88 Å². The first-order valence-corrected chi connectivity index (χ1v) is 7.08. The number of halogens is 1. The summed E-state index contributed by atoms with van der Waals surface area (Å²) < 4.78 is 5.88. The van der Waals surface area contributed by atoms with Crippen LogP contribution >= 0.6 is 11.6 Å². The minimum absolute atomic E-state index is 0.173. The van der Waals surface area contributed by atoms with Crippen LogP contribution in [0.25, 0.3) is 0 Å². The summed E-state index contributed by atoms with van der Waals surface area (Å²) >= 11 is 6.06. The van der Waals surface area contributed by atoms with E-state index in [1.807, 2.05) is 45.0 Å². The van der Waals surface area contributed by atoms with Gasteiger partial charge in [0.1, 0.15) is 16.7 Å². The van der Waals surface area contributed by atoms with Crippen molar-refractivity contribution in [3.8, 4) is 11.6 Å². The highest BCUT2D eigenvalue weighted by atomic mass is 35.5. The molecule has 0 saturated carbocycles. The molecule has 0 aliphatic rings. The molecule has 0 atom stereocenters. The molecule has 1 aromatic carbocycles. The first-order chi connectivity index (χ1) is 9.40. The molecule has 0 radical (unpaired) electrons. The molecule has 0 amide bonds. The Morgan fingerprint density at radius 3 is 2.50 bits per heavy atom. The minimum Gasteiger partial charge on any atom is -0.439 e. The van der Waals surface area contributed by atoms with Crippen LogP contribution in [0.5, 0.6) is 11.6 Å². The zero-order valence-corrected chi connectivity index (χ0v) is 13.0. The van der Waals surface area contributed by atoms with Crippen LogP contribution in [-0.4, -0.2) is 9.97 Å². The normalized spacial score (nSPS) is 11.4. The number of rotatable bonds is 3. The molecule has 0 fully saturated rings. The molecule has 2 aromatic rings. The zero-order chi connectivity index (χ0) is 14.8. The first kappa shape index (κ1) is 14.8. The van der Waals surface area contributed by atoms with Crippen LogP contribution in [0.3, 0.4) is 0 Å². The van der Waals surface area contributed by atoms with Crippen molar-refractivity contribution in [1.29, 1.82) is 0 Å². The predicted octanol–water partition coefficient (Wildman–Crippen LogP) is 4.78. The maximum absolute atomic E-state index is 6.06. The van der Waals surface area contributed by atoms with Gasteiger partial charge in [-0.2, -0.15) is 4.98 Å². The molecule has 2 rings (SSSR count). The molecule has 0 saturated heterocycles. The lowest BCUT2D eigenvalue weighted by molar-refractivity contribution is 0.441. The first-order valence-electron chi connectivity index (χ1n) is 6.71. The van der Waals surface area contributed by atoms with Gasteiger partial charge < -0.3 is 4.74 Å². The van der Waals surface area contributed by atoms with Crippen molar-refractivity contribution in [2.45, 2.75) is 39.5 Å². The molecule has 0 unspecified atom stereocenters. The third-order valence-electron chi connectivity index (χ3n) is 2.91. The molecule has 0 bridgehead atoms. The van der Waals surface area contributed by atoms with Crippen molar-refractivity contribution < 1.29 is 4.74 Å². The van der Waals surface area contributed by atoms with Crippen molar-refractivity contribution in [1.82, 2.24) is 9.97 Å². The molecular formula is C16H19ClN2O. The number of nitrogens with zero attached hydrogens (tertiary/aromatic N) is 2. The van der Waals surface area contributed by atoms with E-state index < -0.39 is 0 Å². The third kappa shape index (κ3) is 3.48. The smallest absolute Gasteiger partial charge is 0.224 e. The fraction of sp³-hybridized carbons (Fsp3) is 0.375. The lowest BCUT2D eigenvalue weighted by atomic mass is 9.96. The van der Waals surface area contributed by atoms with Gasteiger partial charge in [-0.3, -0.25) is 0 Å². The lowest BCUT2D eigenvalue weighted by Crippen LogP contribution is -2.16. The summed E-state index contributed by atoms with van der Waals surface area (Å²) in [6, 6.07) is 9.57. The van der Waals surface area contributed by atoms with E-state index in [1.165, 1.54) is 0 Å². The van der Waals surface area contributed by atoms with E-state index in [4.69, 9.17) is 16.3 Å². The average Bonchev–Trinajstić information content (AvgIpc) is 2.37. The van der Waals surface area contributed by atoms with E-state index in [9.17, 15) is 0 Å². The fourth-order valence-corrected chi connectivity index (χ4v) is 1.97. The van der Waals surface area contributed by atoms with E-state index in [-0.39, 0.29) is 5.41 Å². The monoisotopic (exact) mass is 290 g/mol. The molecule has 0 N–H and O–H groups in total. The maximum atomic E-state index is 6.06. The Labute approximate surface area is 125 Å². The summed E-state index contributed by atoms with van der Waals surface area (Å²) in [7, 11) is 0. The van der Waals surface area contributed by atoms with Crippen LogP contribution in [0.15, 0.2) is 30.3 Å². The van der Waals surface area contributed by atoms with E-state index in [2.05, 4.69) is 16.9 Å². The van der Waals surface area contributed by atoms with Crippen molar-refractivity contribution in [2.75, 3.05) is 0 Å². The highest BCUT2D eigenvalue weighted by Crippen LogP contribution is 2.28. The van der Waals surface area contributed by atoms with Crippen LogP contribution in [0.4, 0.5) is 0 Å². The van der Waals surface area contributed by atoms with E-state index in [1.54, 1.807) is 6.07 Å². The quantitative estimate of drug-likeness (QED) is 0.763. The fourth-order valence-electron chi connectivity index (χ4n) is 1.79. The average molecular weight is 291 g/mol. The molecule has 4 heteroatoms. The molecule has 3 nitrogen and oxygen atoms in total. The van der Waals surface area contributed by atoms with Gasteiger partial charge in [0.05, 0.1) is 0 Å². The third-order valence-corrected chi connectivity index (χ3v) is 3.10. The second kappa shape index (κ2) is 5.80. The van der Waals surface area contributed by atoms with Gasteiger partial charge in [0, 0.05) is 11.5 Å².